The highest BCUT2D eigenvalue weighted by Gasteiger charge is 2.25. The van der Waals surface area contributed by atoms with Crippen molar-refractivity contribution in [1.82, 2.24) is 14.3 Å². The molecule has 0 bridgehead atoms. The smallest absolute Gasteiger partial charge is 0.358 e. The first-order valence-corrected chi connectivity index (χ1v) is 10.6. The van der Waals surface area contributed by atoms with E-state index in [1.165, 1.54) is 32.1 Å². The van der Waals surface area contributed by atoms with E-state index in [0.717, 1.165) is 12.1 Å². The van der Waals surface area contributed by atoms with Gasteiger partial charge in [-0.3, -0.25) is 4.79 Å². The molecule has 6 heteroatoms. The van der Waals surface area contributed by atoms with Crippen LogP contribution in [0.4, 0.5) is 0 Å². The Morgan fingerprint density at radius 1 is 1.18 bits per heavy atom. The maximum absolute atomic E-state index is 12.7. The molecule has 1 aliphatic rings. The second-order valence-electron chi connectivity index (χ2n) is 7.46. The molecule has 1 amide bonds. The lowest BCUT2D eigenvalue weighted by atomic mass is 9.86. The van der Waals surface area contributed by atoms with E-state index in [9.17, 15) is 9.59 Å². The van der Waals surface area contributed by atoms with Crippen LogP contribution in [0.15, 0.2) is 18.3 Å². The van der Waals surface area contributed by atoms with Crippen LogP contribution >= 0.6 is 0 Å². The Morgan fingerprint density at radius 2 is 1.89 bits per heavy atom. The topological polar surface area (TPSA) is 63.9 Å². The summed E-state index contributed by atoms with van der Waals surface area (Å²) in [5, 5.41) is 0. The van der Waals surface area contributed by atoms with Gasteiger partial charge in [-0.25, -0.2) is 9.78 Å². The molecule has 0 aliphatic heterocycles. The van der Waals surface area contributed by atoms with E-state index >= 15 is 0 Å². The highest BCUT2D eigenvalue weighted by atomic mass is 16.5. The summed E-state index contributed by atoms with van der Waals surface area (Å²) in [7, 11) is 0. The van der Waals surface area contributed by atoms with Crippen LogP contribution in [-0.4, -0.2) is 45.9 Å². The minimum Gasteiger partial charge on any atom is -0.461 e. The molecule has 0 spiro atoms. The number of fused-ring (bicyclic) bond motifs is 1. The maximum Gasteiger partial charge on any atom is 0.358 e. The van der Waals surface area contributed by atoms with E-state index in [0.29, 0.717) is 42.5 Å². The molecule has 1 saturated carbocycles. The van der Waals surface area contributed by atoms with Crippen LogP contribution in [0.25, 0.3) is 5.65 Å². The van der Waals surface area contributed by atoms with Crippen molar-refractivity contribution < 1.29 is 14.3 Å². The number of hydrogen-bond acceptors (Lipinski definition) is 4. The number of aromatic nitrogens is 2. The Kier molecular flexibility index (Phi) is 6.70. The van der Waals surface area contributed by atoms with Crippen molar-refractivity contribution in [3.05, 3.63) is 35.3 Å². The fraction of sp³-hybridized carbons (Fsp3) is 0.591. The van der Waals surface area contributed by atoms with Gasteiger partial charge in [0, 0.05) is 24.8 Å². The molecule has 152 valence electrons. The summed E-state index contributed by atoms with van der Waals surface area (Å²) in [6.07, 6.45) is 8.86. The monoisotopic (exact) mass is 385 g/mol. The van der Waals surface area contributed by atoms with Gasteiger partial charge in [-0.1, -0.05) is 32.1 Å². The van der Waals surface area contributed by atoms with Crippen molar-refractivity contribution in [2.24, 2.45) is 5.92 Å². The summed E-state index contributed by atoms with van der Waals surface area (Å²) < 4.78 is 7.21. The molecule has 0 N–H and O–H groups in total. The first kappa shape index (κ1) is 20.4. The molecule has 3 rings (SSSR count). The van der Waals surface area contributed by atoms with Crippen LogP contribution in [0, 0.1) is 5.92 Å². The lowest BCUT2D eigenvalue weighted by Crippen LogP contribution is -2.30. The molecule has 1 fully saturated rings. The lowest BCUT2D eigenvalue weighted by Gasteiger charge is -2.21. The Labute approximate surface area is 166 Å². The Morgan fingerprint density at radius 3 is 2.54 bits per heavy atom. The number of imidazole rings is 1. The minimum atomic E-state index is -0.381. The summed E-state index contributed by atoms with van der Waals surface area (Å²) in [6.45, 7) is 7.38. The predicted octanol–water partition coefficient (Wildman–Crippen LogP) is 4.12. The average Bonchev–Trinajstić information content (AvgIpc) is 3.07. The molecule has 28 heavy (non-hydrogen) atoms. The van der Waals surface area contributed by atoms with E-state index in [2.05, 4.69) is 4.98 Å². The normalized spacial score (nSPS) is 15.0. The number of nitrogens with zero attached hydrogens (tertiary/aromatic N) is 3. The van der Waals surface area contributed by atoms with Gasteiger partial charge in [-0.15, -0.1) is 0 Å². The van der Waals surface area contributed by atoms with E-state index < -0.39 is 0 Å². The van der Waals surface area contributed by atoms with Crippen molar-refractivity contribution in [3.63, 3.8) is 0 Å². The van der Waals surface area contributed by atoms with Crippen molar-refractivity contribution in [3.8, 4) is 0 Å². The minimum absolute atomic E-state index is 0.0120. The van der Waals surface area contributed by atoms with Crippen molar-refractivity contribution in [1.29, 1.82) is 0 Å². The van der Waals surface area contributed by atoms with Crippen molar-refractivity contribution >= 4 is 17.5 Å². The average molecular weight is 386 g/mol. The first-order valence-electron chi connectivity index (χ1n) is 10.6. The quantitative estimate of drug-likeness (QED) is 0.673. The van der Waals surface area contributed by atoms with Gasteiger partial charge in [-0.05, 0) is 45.2 Å². The Balaban J connectivity index is 1.99. The number of ether oxygens (including phenoxy) is 1. The standard InChI is InChI=1S/C22H31N3O3/c1-4-24(5-2)21(26)17-12-13-25-18(14-16-10-8-7-9-11-16)20(22(27)28-6-3)23-19(25)15-17/h12-13,15-16H,4-11,14H2,1-3H3. The molecule has 0 saturated heterocycles. The fourth-order valence-corrected chi connectivity index (χ4v) is 4.14. The van der Waals surface area contributed by atoms with Gasteiger partial charge in [0.25, 0.3) is 5.91 Å². The second kappa shape index (κ2) is 9.22. The van der Waals surface area contributed by atoms with E-state index in [1.807, 2.05) is 30.5 Å². The Hall–Kier alpha value is -2.37. The molecular weight excluding hydrogens is 354 g/mol. The number of carbonyl (C=O) groups excluding carboxylic acids is 2. The third kappa shape index (κ3) is 4.21. The number of esters is 1. The maximum atomic E-state index is 12.7. The summed E-state index contributed by atoms with van der Waals surface area (Å²) in [5.41, 5.74) is 2.52. The van der Waals surface area contributed by atoms with Gasteiger partial charge in [0.2, 0.25) is 0 Å². The first-order chi connectivity index (χ1) is 13.6. The van der Waals surface area contributed by atoms with E-state index in [1.54, 1.807) is 17.9 Å². The zero-order valence-corrected chi connectivity index (χ0v) is 17.2. The van der Waals surface area contributed by atoms with Gasteiger partial charge in [0.05, 0.1) is 12.3 Å². The third-order valence-corrected chi connectivity index (χ3v) is 5.70. The number of hydrogen-bond donors (Lipinski definition) is 0. The van der Waals surface area contributed by atoms with Crippen LogP contribution in [0.5, 0.6) is 0 Å². The van der Waals surface area contributed by atoms with Gasteiger partial charge in [0.1, 0.15) is 5.65 Å². The highest BCUT2D eigenvalue weighted by molar-refractivity contribution is 5.95. The van der Waals surface area contributed by atoms with Gasteiger partial charge in [0.15, 0.2) is 5.69 Å². The molecule has 2 aromatic heterocycles. The van der Waals surface area contributed by atoms with E-state index in [4.69, 9.17) is 4.74 Å². The van der Waals surface area contributed by atoms with Gasteiger partial charge in [-0.2, -0.15) is 0 Å². The number of carbonyl (C=O) groups is 2. The van der Waals surface area contributed by atoms with E-state index in [-0.39, 0.29) is 11.9 Å². The summed E-state index contributed by atoms with van der Waals surface area (Å²) >= 11 is 0. The number of amides is 1. The lowest BCUT2D eigenvalue weighted by molar-refractivity contribution is 0.0518. The van der Waals surface area contributed by atoms with Crippen molar-refractivity contribution in [2.45, 2.75) is 59.3 Å². The van der Waals surface area contributed by atoms with Crippen LogP contribution in [0.3, 0.4) is 0 Å². The third-order valence-electron chi connectivity index (χ3n) is 5.70. The fourth-order valence-electron chi connectivity index (χ4n) is 4.14. The predicted molar refractivity (Wildman–Crippen MR) is 109 cm³/mol. The van der Waals surface area contributed by atoms with Crippen molar-refractivity contribution in [2.75, 3.05) is 19.7 Å². The summed E-state index contributed by atoms with van der Waals surface area (Å²) in [6, 6.07) is 3.61. The molecule has 2 aromatic rings. The van der Waals surface area contributed by atoms with Crippen LogP contribution in [0.2, 0.25) is 0 Å². The molecule has 2 heterocycles. The zero-order chi connectivity index (χ0) is 20.1. The zero-order valence-electron chi connectivity index (χ0n) is 17.2. The van der Waals surface area contributed by atoms with Crippen LogP contribution in [-0.2, 0) is 11.2 Å². The molecule has 0 aromatic carbocycles. The molecule has 0 unspecified atom stereocenters. The molecule has 0 atom stereocenters. The van der Waals surface area contributed by atoms with Gasteiger partial charge < -0.3 is 14.0 Å². The highest BCUT2D eigenvalue weighted by Crippen LogP contribution is 2.29. The largest absolute Gasteiger partial charge is 0.461 e. The SMILES string of the molecule is CCOC(=O)c1nc2cc(C(=O)N(CC)CC)ccn2c1CC1CCCCC1. The molecule has 1 aliphatic carbocycles. The second-order valence-corrected chi connectivity index (χ2v) is 7.46. The summed E-state index contributed by atoms with van der Waals surface area (Å²) in [4.78, 5) is 31.6. The van der Waals surface area contributed by atoms with Gasteiger partial charge >= 0.3 is 5.97 Å². The number of rotatable bonds is 7. The molecular formula is C22H31N3O3. The summed E-state index contributed by atoms with van der Waals surface area (Å²) in [5.74, 6) is 0.175. The number of pyridine rings is 1. The molecule has 0 radical (unpaired) electrons. The van der Waals surface area contributed by atoms with Crippen LogP contribution < -0.4 is 0 Å². The Bertz CT molecular complexity index is 833. The molecule has 6 nitrogen and oxygen atoms in total. The van der Waals surface area contributed by atoms with Crippen LogP contribution in [0.1, 0.15) is 79.4 Å².